The molecule has 2 heterocycles. The van der Waals surface area contributed by atoms with Crippen molar-refractivity contribution >= 4 is 44.2 Å². The first-order valence-electron chi connectivity index (χ1n) is 10.0. The van der Waals surface area contributed by atoms with Crippen molar-refractivity contribution in [3.63, 3.8) is 0 Å². The summed E-state index contributed by atoms with van der Waals surface area (Å²) in [5.74, 6) is 0. The Morgan fingerprint density at radius 3 is 2.10 bits per heavy atom. The van der Waals surface area contributed by atoms with Gasteiger partial charge in [-0.3, -0.25) is 0 Å². The molecule has 0 aliphatic rings. The Labute approximate surface area is 171 Å². The maximum Gasteiger partial charge on any atom is 0.0989 e. The lowest BCUT2D eigenvalue weighted by Crippen LogP contribution is -2.12. The minimum atomic E-state index is 1.03. The highest BCUT2D eigenvalue weighted by Gasteiger charge is 2.20. The van der Waals surface area contributed by atoms with E-state index in [1.54, 1.807) is 0 Å². The van der Waals surface area contributed by atoms with Gasteiger partial charge >= 0.3 is 0 Å². The van der Waals surface area contributed by atoms with Crippen molar-refractivity contribution < 1.29 is 0 Å². The molecule has 0 saturated carbocycles. The Morgan fingerprint density at radius 2 is 1.38 bits per heavy atom. The van der Waals surface area contributed by atoms with Crippen LogP contribution in [0.2, 0.25) is 0 Å². The van der Waals surface area contributed by atoms with Crippen molar-refractivity contribution in [1.29, 1.82) is 0 Å². The molecule has 0 radical (unpaired) electrons. The summed E-state index contributed by atoms with van der Waals surface area (Å²) in [6.07, 6.45) is 0. The Balaban J connectivity index is 1.96. The van der Waals surface area contributed by atoms with Crippen LogP contribution in [0.15, 0.2) is 60.7 Å². The van der Waals surface area contributed by atoms with Crippen molar-refractivity contribution in [3.8, 4) is 0 Å². The molecule has 3 heteroatoms. The number of fused-ring (bicyclic) bond motifs is 4. The number of aromatic nitrogens is 2. The number of rotatable bonds is 2. The van der Waals surface area contributed by atoms with Gasteiger partial charge in [0.2, 0.25) is 0 Å². The summed E-state index contributed by atoms with van der Waals surface area (Å²) in [6.45, 7) is 6.41. The number of nitrogens with zero attached hydrogens (tertiary/aromatic N) is 3. The molecular weight excluding hydrogens is 354 g/mol. The zero-order valence-corrected chi connectivity index (χ0v) is 17.6. The molecule has 3 nitrogen and oxygen atoms in total. The van der Waals surface area contributed by atoms with Crippen molar-refractivity contribution in [1.82, 2.24) is 9.55 Å². The highest BCUT2D eigenvalue weighted by molar-refractivity contribution is 6.17. The molecule has 3 aromatic carbocycles. The van der Waals surface area contributed by atoms with E-state index in [0.717, 1.165) is 11.0 Å². The van der Waals surface area contributed by atoms with Gasteiger partial charge in [-0.15, -0.1) is 0 Å². The average molecular weight is 380 g/mol. The topological polar surface area (TPSA) is 21.1 Å². The fraction of sp³-hybridized carbons (Fsp3) is 0.192. The Bertz CT molecular complexity index is 1390. The summed E-state index contributed by atoms with van der Waals surface area (Å²) < 4.78 is 2.29. The van der Waals surface area contributed by atoms with E-state index in [1.807, 2.05) is 0 Å². The van der Waals surface area contributed by atoms with Crippen LogP contribution < -0.4 is 4.90 Å². The maximum atomic E-state index is 5.11. The lowest BCUT2D eigenvalue weighted by Gasteiger charge is -2.23. The highest BCUT2D eigenvalue weighted by atomic mass is 15.1. The summed E-state index contributed by atoms with van der Waals surface area (Å²) in [5, 5.41) is 2.40. The molecule has 0 atom stereocenters. The van der Waals surface area contributed by atoms with Crippen molar-refractivity contribution in [3.05, 3.63) is 77.4 Å². The fourth-order valence-electron chi connectivity index (χ4n) is 4.35. The van der Waals surface area contributed by atoms with Gasteiger partial charge in [-0.05, 0) is 57.2 Å². The van der Waals surface area contributed by atoms with Gasteiger partial charge in [-0.2, -0.15) is 0 Å². The largest absolute Gasteiger partial charge is 0.342 e. The Kier molecular flexibility index (Phi) is 3.88. The summed E-state index contributed by atoms with van der Waals surface area (Å²) in [4.78, 5) is 7.41. The van der Waals surface area contributed by atoms with Gasteiger partial charge in [0.25, 0.3) is 0 Å². The second kappa shape index (κ2) is 6.35. The monoisotopic (exact) mass is 379 g/mol. The summed E-state index contributed by atoms with van der Waals surface area (Å²) in [5.41, 5.74) is 10.6. The molecule has 0 aliphatic heterocycles. The standard InChI is InChI=1S/C26H25N3/c1-16-6-10-19(11-7-16)28(4)25-20-14-17(2)8-12-22(20)27-24-21-15-18(3)9-13-23(21)29(5)26(24)25/h6-15H,1-5H3. The highest BCUT2D eigenvalue weighted by Crippen LogP contribution is 2.41. The number of anilines is 2. The molecule has 0 saturated heterocycles. The van der Waals surface area contributed by atoms with E-state index < -0.39 is 0 Å². The first-order valence-corrected chi connectivity index (χ1v) is 10.0. The molecule has 0 aliphatic carbocycles. The third kappa shape index (κ3) is 2.69. The third-order valence-corrected chi connectivity index (χ3v) is 5.95. The lowest BCUT2D eigenvalue weighted by molar-refractivity contribution is 1.01. The molecule has 5 rings (SSSR count). The number of hydrogen-bond acceptors (Lipinski definition) is 2. The average Bonchev–Trinajstić information content (AvgIpc) is 2.98. The molecule has 0 spiro atoms. The van der Waals surface area contributed by atoms with Crippen molar-refractivity contribution in [2.45, 2.75) is 20.8 Å². The summed E-state index contributed by atoms with van der Waals surface area (Å²) in [6, 6.07) is 21.9. The van der Waals surface area contributed by atoms with Gasteiger partial charge in [-0.1, -0.05) is 41.0 Å². The predicted molar refractivity (Wildman–Crippen MR) is 124 cm³/mol. The zero-order valence-electron chi connectivity index (χ0n) is 17.6. The first-order chi connectivity index (χ1) is 13.9. The molecule has 144 valence electrons. The van der Waals surface area contributed by atoms with Crippen LogP contribution in [0.4, 0.5) is 11.4 Å². The predicted octanol–water partition coefficient (Wildman–Crippen LogP) is 6.57. The van der Waals surface area contributed by atoms with Crippen LogP contribution >= 0.6 is 0 Å². The second-order valence-electron chi connectivity index (χ2n) is 8.15. The van der Waals surface area contributed by atoms with Crippen LogP contribution in [0.3, 0.4) is 0 Å². The molecule has 0 amide bonds. The van der Waals surface area contributed by atoms with E-state index in [1.165, 1.54) is 49.9 Å². The van der Waals surface area contributed by atoms with Gasteiger partial charge in [0, 0.05) is 30.6 Å². The normalized spacial score (nSPS) is 11.6. The van der Waals surface area contributed by atoms with Gasteiger partial charge < -0.3 is 9.47 Å². The number of benzene rings is 3. The first kappa shape index (κ1) is 17.7. The zero-order chi connectivity index (χ0) is 20.3. The fourth-order valence-corrected chi connectivity index (χ4v) is 4.35. The summed E-state index contributed by atoms with van der Waals surface area (Å²) >= 11 is 0. The maximum absolute atomic E-state index is 5.11. The van der Waals surface area contributed by atoms with E-state index in [9.17, 15) is 0 Å². The minimum absolute atomic E-state index is 1.03. The minimum Gasteiger partial charge on any atom is -0.342 e. The SMILES string of the molecule is Cc1ccc(N(C)c2c3cc(C)ccc3nc3c4cc(C)ccc4n(C)c23)cc1. The van der Waals surface area contributed by atoms with Crippen LogP contribution in [-0.4, -0.2) is 16.6 Å². The summed E-state index contributed by atoms with van der Waals surface area (Å²) in [7, 11) is 4.31. The van der Waals surface area contributed by atoms with E-state index in [-0.39, 0.29) is 0 Å². The van der Waals surface area contributed by atoms with Crippen LogP contribution in [0.25, 0.3) is 32.8 Å². The molecule has 0 N–H and O–H groups in total. The molecule has 0 bridgehead atoms. The van der Waals surface area contributed by atoms with Crippen LogP contribution in [0, 0.1) is 20.8 Å². The lowest BCUT2D eigenvalue weighted by atomic mass is 10.1. The van der Waals surface area contributed by atoms with Gasteiger partial charge in [0.1, 0.15) is 0 Å². The number of hydrogen-bond donors (Lipinski definition) is 0. The van der Waals surface area contributed by atoms with Crippen molar-refractivity contribution in [2.24, 2.45) is 7.05 Å². The molecule has 0 unspecified atom stereocenters. The quantitative estimate of drug-likeness (QED) is 0.346. The smallest absolute Gasteiger partial charge is 0.0989 e. The van der Waals surface area contributed by atoms with E-state index in [4.69, 9.17) is 4.98 Å². The van der Waals surface area contributed by atoms with Gasteiger partial charge in [-0.25, -0.2) is 4.98 Å². The third-order valence-electron chi connectivity index (χ3n) is 5.95. The van der Waals surface area contributed by atoms with Crippen LogP contribution in [0.1, 0.15) is 16.7 Å². The Hall–Kier alpha value is -3.33. The van der Waals surface area contributed by atoms with Gasteiger partial charge in [0.15, 0.2) is 0 Å². The Morgan fingerprint density at radius 1 is 0.759 bits per heavy atom. The molecule has 29 heavy (non-hydrogen) atoms. The van der Waals surface area contributed by atoms with E-state index in [0.29, 0.717) is 0 Å². The van der Waals surface area contributed by atoms with Crippen molar-refractivity contribution in [2.75, 3.05) is 11.9 Å². The molecular formula is C26H25N3. The molecule has 5 aromatic rings. The van der Waals surface area contributed by atoms with Crippen LogP contribution in [0.5, 0.6) is 0 Å². The molecule has 0 fully saturated rings. The number of aryl methyl sites for hydroxylation is 4. The van der Waals surface area contributed by atoms with E-state index >= 15 is 0 Å². The number of pyridine rings is 1. The van der Waals surface area contributed by atoms with Gasteiger partial charge in [0.05, 0.1) is 27.8 Å². The molecule has 2 aromatic heterocycles. The second-order valence-corrected chi connectivity index (χ2v) is 8.15. The van der Waals surface area contributed by atoms with Crippen LogP contribution in [-0.2, 0) is 7.05 Å². The van der Waals surface area contributed by atoms with E-state index in [2.05, 4.69) is 105 Å².